The van der Waals surface area contributed by atoms with E-state index in [1.54, 1.807) is 6.07 Å². The highest BCUT2D eigenvalue weighted by Crippen LogP contribution is 2.32. The summed E-state index contributed by atoms with van der Waals surface area (Å²) in [5.74, 6) is -1.04. The zero-order chi connectivity index (χ0) is 15.4. The lowest BCUT2D eigenvalue weighted by atomic mass is 10.2. The molecule has 0 atom stereocenters. The molecule has 0 radical (unpaired) electrons. The second-order valence-electron chi connectivity index (χ2n) is 4.05. The number of aromatic nitrogens is 3. The van der Waals surface area contributed by atoms with Crippen LogP contribution in [0.15, 0.2) is 24.4 Å². The largest absolute Gasteiger partial charge is 0.480 e. The number of rotatable bonds is 6. The van der Waals surface area contributed by atoms with Crippen LogP contribution in [0, 0.1) is 10.1 Å². The molecule has 0 fully saturated rings. The van der Waals surface area contributed by atoms with Crippen molar-refractivity contribution in [3.05, 3.63) is 45.2 Å². The van der Waals surface area contributed by atoms with E-state index in [0.717, 1.165) is 4.68 Å². The molecule has 21 heavy (non-hydrogen) atoms. The number of para-hydroxylation sites is 1. The fraction of sp³-hybridized carbons (Fsp3) is 0.182. The van der Waals surface area contributed by atoms with Gasteiger partial charge in [0.1, 0.15) is 22.9 Å². The number of carboxylic acids is 1. The van der Waals surface area contributed by atoms with Gasteiger partial charge in [-0.1, -0.05) is 22.9 Å². The van der Waals surface area contributed by atoms with Gasteiger partial charge in [-0.2, -0.15) is 0 Å². The number of hydrogen-bond donors (Lipinski definition) is 2. The molecule has 0 saturated carbocycles. The van der Waals surface area contributed by atoms with E-state index < -0.39 is 10.9 Å². The molecule has 0 spiro atoms. The third kappa shape index (κ3) is 3.66. The lowest BCUT2D eigenvalue weighted by Crippen LogP contribution is -2.09. The summed E-state index contributed by atoms with van der Waals surface area (Å²) in [5, 5.41) is 29.8. The maximum Gasteiger partial charge on any atom is 0.325 e. The predicted octanol–water partition coefficient (Wildman–Crippen LogP) is 1.54. The minimum atomic E-state index is -1.04. The minimum Gasteiger partial charge on any atom is -0.480 e. The molecular weight excluding hydrogens is 302 g/mol. The summed E-state index contributed by atoms with van der Waals surface area (Å²) in [4.78, 5) is 20.9. The standard InChI is InChI=1S/C11H10ClN5O4/c12-8-2-1-3-9(11(8)17(20)21)13-4-7-5-16(15-14-7)6-10(18)19/h1-3,5,13H,4,6H2,(H,18,19). The van der Waals surface area contributed by atoms with Gasteiger partial charge in [0.2, 0.25) is 0 Å². The summed E-state index contributed by atoms with van der Waals surface area (Å²) in [6.45, 7) is -0.148. The molecule has 2 N–H and O–H groups in total. The zero-order valence-corrected chi connectivity index (χ0v) is 11.3. The van der Waals surface area contributed by atoms with Crippen molar-refractivity contribution in [1.29, 1.82) is 0 Å². The normalized spacial score (nSPS) is 10.3. The smallest absolute Gasteiger partial charge is 0.325 e. The summed E-state index contributed by atoms with van der Waals surface area (Å²) < 4.78 is 1.16. The van der Waals surface area contributed by atoms with Crippen LogP contribution in [-0.4, -0.2) is 31.0 Å². The second-order valence-corrected chi connectivity index (χ2v) is 4.46. The van der Waals surface area contributed by atoms with Gasteiger partial charge in [-0.05, 0) is 12.1 Å². The van der Waals surface area contributed by atoms with E-state index in [-0.39, 0.29) is 29.5 Å². The molecular formula is C11H10ClN5O4. The molecule has 1 aromatic heterocycles. The fourth-order valence-corrected chi connectivity index (χ4v) is 1.91. The van der Waals surface area contributed by atoms with Crippen LogP contribution in [0.4, 0.5) is 11.4 Å². The van der Waals surface area contributed by atoms with Gasteiger partial charge in [0, 0.05) is 0 Å². The number of nitro groups is 1. The number of nitro benzene ring substituents is 1. The molecule has 0 aliphatic heterocycles. The van der Waals surface area contributed by atoms with E-state index in [9.17, 15) is 14.9 Å². The van der Waals surface area contributed by atoms with E-state index >= 15 is 0 Å². The third-order valence-electron chi connectivity index (χ3n) is 2.51. The summed E-state index contributed by atoms with van der Waals surface area (Å²) >= 11 is 5.79. The predicted molar refractivity (Wildman–Crippen MR) is 73.1 cm³/mol. The number of aliphatic carboxylic acids is 1. The summed E-state index contributed by atoms with van der Waals surface area (Å²) in [6.07, 6.45) is 1.44. The Labute approximate surface area is 123 Å². The van der Waals surface area contributed by atoms with Gasteiger partial charge in [0.15, 0.2) is 0 Å². The third-order valence-corrected chi connectivity index (χ3v) is 2.82. The average Bonchev–Trinajstić information content (AvgIpc) is 2.82. The molecule has 0 saturated heterocycles. The number of hydrogen-bond acceptors (Lipinski definition) is 6. The van der Waals surface area contributed by atoms with Crippen LogP contribution < -0.4 is 5.32 Å². The summed E-state index contributed by atoms with van der Waals surface area (Å²) in [5.41, 5.74) is 0.475. The highest BCUT2D eigenvalue weighted by atomic mass is 35.5. The van der Waals surface area contributed by atoms with Gasteiger partial charge in [-0.3, -0.25) is 14.9 Å². The van der Waals surface area contributed by atoms with Gasteiger partial charge in [0.25, 0.3) is 0 Å². The lowest BCUT2D eigenvalue weighted by molar-refractivity contribution is -0.383. The molecule has 1 heterocycles. The van der Waals surface area contributed by atoms with Crippen molar-refractivity contribution in [1.82, 2.24) is 15.0 Å². The quantitative estimate of drug-likeness (QED) is 0.612. The topological polar surface area (TPSA) is 123 Å². The monoisotopic (exact) mass is 311 g/mol. The van der Waals surface area contributed by atoms with Crippen molar-refractivity contribution in [2.24, 2.45) is 0 Å². The molecule has 0 aliphatic carbocycles. The van der Waals surface area contributed by atoms with Crippen LogP contribution in [0.3, 0.4) is 0 Å². The van der Waals surface area contributed by atoms with Gasteiger partial charge in [-0.15, -0.1) is 5.10 Å². The van der Waals surface area contributed by atoms with E-state index in [2.05, 4.69) is 15.6 Å². The van der Waals surface area contributed by atoms with Crippen molar-refractivity contribution < 1.29 is 14.8 Å². The maximum absolute atomic E-state index is 11.0. The molecule has 10 heteroatoms. The Morgan fingerprint density at radius 1 is 1.52 bits per heavy atom. The van der Waals surface area contributed by atoms with Crippen LogP contribution >= 0.6 is 11.6 Å². The first-order chi connectivity index (χ1) is 9.97. The molecule has 0 aliphatic rings. The summed E-state index contributed by atoms with van der Waals surface area (Å²) in [7, 11) is 0. The number of nitrogens with zero attached hydrogens (tertiary/aromatic N) is 4. The summed E-state index contributed by atoms with van der Waals surface area (Å²) in [6, 6.07) is 4.53. The zero-order valence-electron chi connectivity index (χ0n) is 10.6. The maximum atomic E-state index is 11.0. The van der Waals surface area contributed by atoms with Gasteiger partial charge in [-0.25, -0.2) is 4.68 Å². The Morgan fingerprint density at radius 3 is 2.95 bits per heavy atom. The number of benzene rings is 1. The molecule has 9 nitrogen and oxygen atoms in total. The van der Waals surface area contributed by atoms with Crippen LogP contribution in [0.1, 0.15) is 5.69 Å². The lowest BCUT2D eigenvalue weighted by Gasteiger charge is -2.05. The Morgan fingerprint density at radius 2 is 2.29 bits per heavy atom. The SMILES string of the molecule is O=C(O)Cn1cc(CNc2cccc(Cl)c2[N+](=O)[O-])nn1. The van der Waals surface area contributed by atoms with Crippen molar-refractivity contribution in [2.75, 3.05) is 5.32 Å². The van der Waals surface area contributed by atoms with Crippen molar-refractivity contribution in [3.8, 4) is 0 Å². The number of nitrogens with one attached hydrogen (secondary N) is 1. The number of carboxylic acid groups (broad SMARTS) is 1. The first-order valence-corrected chi connectivity index (χ1v) is 6.12. The molecule has 110 valence electrons. The number of halogens is 1. The van der Waals surface area contributed by atoms with Crippen LogP contribution in [0.2, 0.25) is 5.02 Å². The van der Waals surface area contributed by atoms with Crippen molar-refractivity contribution in [2.45, 2.75) is 13.1 Å². The van der Waals surface area contributed by atoms with Gasteiger partial charge in [0.05, 0.1) is 17.7 Å². The minimum absolute atomic E-state index is 0.0273. The number of carbonyl (C=O) groups is 1. The Balaban J connectivity index is 2.10. The van der Waals surface area contributed by atoms with E-state index in [1.165, 1.54) is 18.3 Å². The van der Waals surface area contributed by atoms with Crippen LogP contribution in [-0.2, 0) is 17.9 Å². The molecule has 1 aromatic carbocycles. The Bertz CT molecular complexity index is 687. The Kier molecular flexibility index (Phi) is 4.33. The average molecular weight is 312 g/mol. The van der Waals surface area contributed by atoms with Crippen LogP contribution in [0.25, 0.3) is 0 Å². The van der Waals surface area contributed by atoms with Crippen molar-refractivity contribution >= 4 is 28.9 Å². The molecule has 0 amide bonds. The van der Waals surface area contributed by atoms with E-state index in [4.69, 9.17) is 16.7 Å². The second kappa shape index (κ2) is 6.18. The van der Waals surface area contributed by atoms with E-state index in [1.807, 2.05) is 0 Å². The first kappa shape index (κ1) is 14.7. The molecule has 0 bridgehead atoms. The van der Waals surface area contributed by atoms with E-state index in [0.29, 0.717) is 5.69 Å². The Hall–Kier alpha value is -2.68. The highest BCUT2D eigenvalue weighted by Gasteiger charge is 2.18. The molecule has 2 aromatic rings. The van der Waals surface area contributed by atoms with Gasteiger partial charge < -0.3 is 10.4 Å². The van der Waals surface area contributed by atoms with Crippen molar-refractivity contribution in [3.63, 3.8) is 0 Å². The molecule has 2 rings (SSSR count). The van der Waals surface area contributed by atoms with Gasteiger partial charge >= 0.3 is 11.7 Å². The first-order valence-electron chi connectivity index (χ1n) is 5.75. The highest BCUT2D eigenvalue weighted by molar-refractivity contribution is 6.33. The fourth-order valence-electron chi connectivity index (χ4n) is 1.66. The van der Waals surface area contributed by atoms with Crippen LogP contribution in [0.5, 0.6) is 0 Å². The number of anilines is 1. The molecule has 0 unspecified atom stereocenters.